The number of ether oxygens (including phenoxy) is 1. The van der Waals surface area contributed by atoms with Crippen molar-refractivity contribution in [3.63, 3.8) is 0 Å². The molecule has 0 saturated heterocycles. The fourth-order valence-corrected chi connectivity index (χ4v) is 2.49. The van der Waals surface area contributed by atoms with E-state index in [-0.39, 0.29) is 17.3 Å². The molecule has 0 spiro atoms. The number of carbonyl (C=O) groups is 1. The van der Waals surface area contributed by atoms with Gasteiger partial charge in [-0.3, -0.25) is 19.8 Å². The predicted octanol–water partition coefficient (Wildman–Crippen LogP) is 3.72. The van der Waals surface area contributed by atoms with Gasteiger partial charge in [-0.1, -0.05) is 23.7 Å². The van der Waals surface area contributed by atoms with Crippen LogP contribution in [0.5, 0.6) is 5.75 Å². The second kappa shape index (κ2) is 8.64. The molecule has 1 amide bonds. The predicted molar refractivity (Wildman–Crippen MR) is 101 cm³/mol. The molecule has 1 N–H and O–H groups in total. The Morgan fingerprint density at radius 2 is 1.96 bits per heavy atom. The van der Waals surface area contributed by atoms with E-state index in [1.807, 2.05) is 24.1 Å². The standard InChI is InChI=1S/C18H20ClN3O4/c1-12(21(2)11-13-4-6-14(19)7-5-13)18(23)20-16-10-15(22(24)25)8-9-17(16)26-3/h4-10,12H,11H2,1-3H3,(H,20,23)/t12-/m0/s1. The van der Waals surface area contributed by atoms with Gasteiger partial charge in [0, 0.05) is 23.7 Å². The third kappa shape index (κ3) is 4.93. The lowest BCUT2D eigenvalue weighted by atomic mass is 10.2. The van der Waals surface area contributed by atoms with Crippen LogP contribution < -0.4 is 10.1 Å². The van der Waals surface area contributed by atoms with Crippen molar-refractivity contribution in [2.75, 3.05) is 19.5 Å². The number of amides is 1. The van der Waals surface area contributed by atoms with Crippen molar-refractivity contribution < 1.29 is 14.5 Å². The molecule has 0 aliphatic rings. The first-order valence-electron chi connectivity index (χ1n) is 7.89. The summed E-state index contributed by atoms with van der Waals surface area (Å²) in [5, 5.41) is 14.3. The first-order chi connectivity index (χ1) is 12.3. The van der Waals surface area contributed by atoms with Gasteiger partial charge in [0.1, 0.15) is 5.75 Å². The fraction of sp³-hybridized carbons (Fsp3) is 0.278. The first-order valence-corrected chi connectivity index (χ1v) is 8.27. The van der Waals surface area contributed by atoms with Gasteiger partial charge in [-0.15, -0.1) is 0 Å². The Kier molecular flexibility index (Phi) is 6.54. The van der Waals surface area contributed by atoms with Crippen LogP contribution in [0.1, 0.15) is 12.5 Å². The highest BCUT2D eigenvalue weighted by Gasteiger charge is 2.21. The van der Waals surface area contributed by atoms with E-state index in [0.717, 1.165) is 5.56 Å². The number of carbonyl (C=O) groups excluding carboxylic acids is 1. The molecule has 8 heteroatoms. The maximum absolute atomic E-state index is 12.5. The molecule has 138 valence electrons. The lowest BCUT2D eigenvalue weighted by Gasteiger charge is -2.24. The Labute approximate surface area is 156 Å². The van der Waals surface area contributed by atoms with Crippen molar-refractivity contribution in [3.05, 3.63) is 63.2 Å². The highest BCUT2D eigenvalue weighted by molar-refractivity contribution is 6.30. The van der Waals surface area contributed by atoms with E-state index in [1.165, 1.54) is 25.3 Å². The zero-order valence-corrected chi connectivity index (χ0v) is 15.5. The Morgan fingerprint density at radius 3 is 2.54 bits per heavy atom. The summed E-state index contributed by atoms with van der Waals surface area (Å²) in [6.07, 6.45) is 0. The number of nitro groups is 1. The van der Waals surface area contributed by atoms with E-state index < -0.39 is 11.0 Å². The van der Waals surface area contributed by atoms with Gasteiger partial charge in [0.25, 0.3) is 5.69 Å². The minimum absolute atomic E-state index is 0.122. The van der Waals surface area contributed by atoms with E-state index >= 15 is 0 Å². The van der Waals surface area contributed by atoms with E-state index in [0.29, 0.717) is 17.3 Å². The van der Waals surface area contributed by atoms with E-state index in [9.17, 15) is 14.9 Å². The number of nitro benzene ring substituents is 1. The number of halogens is 1. The second-order valence-corrected chi connectivity index (χ2v) is 6.28. The lowest BCUT2D eigenvalue weighted by Crippen LogP contribution is -2.39. The van der Waals surface area contributed by atoms with E-state index in [1.54, 1.807) is 19.1 Å². The molecule has 0 aliphatic carbocycles. The van der Waals surface area contributed by atoms with Crippen LogP contribution in [0.4, 0.5) is 11.4 Å². The Morgan fingerprint density at radius 1 is 1.31 bits per heavy atom. The van der Waals surface area contributed by atoms with Gasteiger partial charge < -0.3 is 10.1 Å². The molecule has 2 aromatic carbocycles. The molecule has 0 radical (unpaired) electrons. The molecule has 7 nitrogen and oxygen atoms in total. The summed E-state index contributed by atoms with van der Waals surface area (Å²) in [6, 6.07) is 11.0. The number of nitrogens with zero attached hydrogens (tertiary/aromatic N) is 2. The maximum Gasteiger partial charge on any atom is 0.271 e. The van der Waals surface area contributed by atoms with E-state index in [4.69, 9.17) is 16.3 Å². The van der Waals surface area contributed by atoms with Gasteiger partial charge in [-0.2, -0.15) is 0 Å². The molecule has 0 aliphatic heterocycles. The SMILES string of the molecule is COc1ccc([N+](=O)[O-])cc1NC(=O)[C@H](C)N(C)Cc1ccc(Cl)cc1. The molecule has 0 bridgehead atoms. The number of benzene rings is 2. The van der Waals surface area contributed by atoms with Crippen LogP contribution in [0.15, 0.2) is 42.5 Å². The zero-order valence-electron chi connectivity index (χ0n) is 14.7. The molecule has 0 heterocycles. The van der Waals surface area contributed by atoms with Gasteiger partial charge in [0.15, 0.2) is 0 Å². The first kappa shape index (κ1) is 19.7. The van der Waals surface area contributed by atoms with Crippen molar-refractivity contribution in [2.24, 2.45) is 0 Å². The van der Waals surface area contributed by atoms with Crippen molar-refractivity contribution in [3.8, 4) is 5.75 Å². The molecule has 26 heavy (non-hydrogen) atoms. The fourth-order valence-electron chi connectivity index (χ4n) is 2.36. The highest BCUT2D eigenvalue weighted by atomic mass is 35.5. The van der Waals surface area contributed by atoms with Gasteiger partial charge in [-0.25, -0.2) is 0 Å². The van der Waals surface area contributed by atoms with Crippen LogP contribution in [-0.2, 0) is 11.3 Å². The molecular formula is C18H20ClN3O4. The number of methoxy groups -OCH3 is 1. The number of rotatable bonds is 7. The highest BCUT2D eigenvalue weighted by Crippen LogP contribution is 2.29. The molecule has 0 unspecified atom stereocenters. The van der Waals surface area contributed by atoms with Crippen LogP contribution in [0.3, 0.4) is 0 Å². The normalized spacial score (nSPS) is 11.9. The average Bonchev–Trinajstić information content (AvgIpc) is 2.62. The number of non-ortho nitro benzene ring substituents is 1. The molecular weight excluding hydrogens is 358 g/mol. The topological polar surface area (TPSA) is 84.7 Å². The minimum Gasteiger partial charge on any atom is -0.495 e. The third-order valence-electron chi connectivity index (χ3n) is 4.04. The second-order valence-electron chi connectivity index (χ2n) is 5.85. The van der Waals surface area contributed by atoms with Crippen LogP contribution in [0.2, 0.25) is 5.02 Å². The van der Waals surface area contributed by atoms with Crippen molar-refractivity contribution >= 4 is 28.9 Å². The molecule has 0 saturated carbocycles. The van der Waals surface area contributed by atoms with Gasteiger partial charge in [0.05, 0.1) is 23.8 Å². The molecule has 1 atom stereocenters. The third-order valence-corrected chi connectivity index (χ3v) is 4.29. The van der Waals surface area contributed by atoms with Crippen LogP contribution >= 0.6 is 11.6 Å². The van der Waals surface area contributed by atoms with E-state index in [2.05, 4.69) is 5.32 Å². The summed E-state index contributed by atoms with van der Waals surface area (Å²) >= 11 is 5.88. The summed E-state index contributed by atoms with van der Waals surface area (Å²) in [5.74, 6) is 0.0664. The van der Waals surface area contributed by atoms with Crippen molar-refractivity contribution in [2.45, 2.75) is 19.5 Å². The van der Waals surface area contributed by atoms with Crippen LogP contribution in [0.25, 0.3) is 0 Å². The largest absolute Gasteiger partial charge is 0.495 e. The Balaban J connectivity index is 2.09. The number of hydrogen-bond acceptors (Lipinski definition) is 5. The minimum atomic E-state index is -0.523. The maximum atomic E-state index is 12.5. The summed E-state index contributed by atoms with van der Waals surface area (Å²) in [5.41, 5.74) is 1.16. The number of nitrogens with one attached hydrogen (secondary N) is 1. The van der Waals surface area contributed by atoms with Gasteiger partial charge >= 0.3 is 0 Å². The van der Waals surface area contributed by atoms with Gasteiger partial charge in [0.2, 0.25) is 5.91 Å². The molecule has 2 rings (SSSR count). The smallest absolute Gasteiger partial charge is 0.271 e. The average molecular weight is 378 g/mol. The summed E-state index contributed by atoms with van der Waals surface area (Å²) < 4.78 is 5.16. The van der Waals surface area contributed by atoms with Crippen LogP contribution in [-0.4, -0.2) is 35.9 Å². The summed E-state index contributed by atoms with van der Waals surface area (Å²) in [6.45, 7) is 2.31. The number of hydrogen-bond donors (Lipinski definition) is 1. The quantitative estimate of drug-likeness (QED) is 0.587. The van der Waals surface area contributed by atoms with Gasteiger partial charge in [-0.05, 0) is 37.7 Å². The summed E-state index contributed by atoms with van der Waals surface area (Å²) in [7, 11) is 3.26. The Hall–Kier alpha value is -2.64. The Bertz CT molecular complexity index is 796. The van der Waals surface area contributed by atoms with Crippen LogP contribution in [0, 0.1) is 10.1 Å². The van der Waals surface area contributed by atoms with Crippen molar-refractivity contribution in [1.29, 1.82) is 0 Å². The monoisotopic (exact) mass is 377 g/mol. The number of anilines is 1. The summed E-state index contributed by atoms with van der Waals surface area (Å²) in [4.78, 5) is 24.8. The number of likely N-dealkylation sites (N-methyl/N-ethyl adjacent to an activating group) is 1. The zero-order chi connectivity index (χ0) is 19.3. The molecule has 2 aromatic rings. The lowest BCUT2D eigenvalue weighted by molar-refractivity contribution is -0.384. The molecule has 0 fully saturated rings. The molecule has 0 aromatic heterocycles. The van der Waals surface area contributed by atoms with Crippen molar-refractivity contribution in [1.82, 2.24) is 4.90 Å².